The van der Waals surface area contributed by atoms with E-state index >= 15 is 0 Å². The lowest BCUT2D eigenvalue weighted by atomic mass is 9.92. The van der Waals surface area contributed by atoms with Gasteiger partial charge in [0, 0.05) is 6.07 Å². The third-order valence-corrected chi connectivity index (χ3v) is 5.34. The second-order valence-electron chi connectivity index (χ2n) is 7.32. The van der Waals surface area contributed by atoms with E-state index in [1.807, 2.05) is 66.7 Å². The summed E-state index contributed by atoms with van der Waals surface area (Å²) < 4.78 is 12.1. The first kappa shape index (κ1) is 18.3. The number of ether oxygens (including phenoxy) is 1. The zero-order chi connectivity index (χ0) is 20.3. The Bertz CT molecular complexity index is 1250. The Morgan fingerprint density at radius 1 is 0.933 bits per heavy atom. The first-order valence-electron chi connectivity index (χ1n) is 9.94. The molecule has 1 aliphatic heterocycles. The molecule has 5 rings (SSSR count). The van der Waals surface area contributed by atoms with Gasteiger partial charge in [-0.3, -0.25) is 4.79 Å². The summed E-state index contributed by atoms with van der Waals surface area (Å²) in [5.74, 6) is 1.03. The number of azo groups is 1. The van der Waals surface area contributed by atoms with Crippen molar-refractivity contribution in [3.63, 3.8) is 0 Å². The summed E-state index contributed by atoms with van der Waals surface area (Å²) in [5.41, 5.74) is 2.50. The van der Waals surface area contributed by atoms with Gasteiger partial charge in [0.05, 0.1) is 12.5 Å². The summed E-state index contributed by atoms with van der Waals surface area (Å²) >= 11 is 0. The molecule has 0 fully saturated rings. The number of benzene rings is 3. The molecule has 0 bridgehead atoms. The van der Waals surface area contributed by atoms with Crippen molar-refractivity contribution in [3.05, 3.63) is 112 Å². The van der Waals surface area contributed by atoms with Gasteiger partial charge < -0.3 is 9.15 Å². The minimum atomic E-state index is -0.149. The second-order valence-corrected chi connectivity index (χ2v) is 7.32. The van der Waals surface area contributed by atoms with E-state index in [0.717, 1.165) is 11.1 Å². The fraction of sp³-hybridized carbons (Fsp3) is 0.160. The van der Waals surface area contributed by atoms with E-state index in [1.54, 1.807) is 18.2 Å². The van der Waals surface area contributed by atoms with Crippen LogP contribution in [0.3, 0.4) is 0 Å². The van der Waals surface area contributed by atoms with Crippen LogP contribution in [0.1, 0.15) is 28.8 Å². The zero-order valence-corrected chi connectivity index (χ0v) is 16.3. The lowest BCUT2D eigenvalue weighted by Gasteiger charge is -2.16. The van der Waals surface area contributed by atoms with Gasteiger partial charge in [0.15, 0.2) is 5.43 Å². The number of nitrogens with zero attached hydrogens (tertiary/aromatic N) is 2. The van der Waals surface area contributed by atoms with Crippen LogP contribution in [0.5, 0.6) is 5.75 Å². The molecule has 2 atom stereocenters. The van der Waals surface area contributed by atoms with Crippen molar-refractivity contribution in [1.29, 1.82) is 0 Å². The van der Waals surface area contributed by atoms with E-state index in [0.29, 0.717) is 35.6 Å². The van der Waals surface area contributed by atoms with Crippen LogP contribution < -0.4 is 10.2 Å². The smallest absolute Gasteiger partial charge is 0.196 e. The van der Waals surface area contributed by atoms with Crippen LogP contribution in [0, 0.1) is 0 Å². The summed E-state index contributed by atoms with van der Waals surface area (Å²) in [6.07, 6.45) is 0. The van der Waals surface area contributed by atoms with Gasteiger partial charge in [-0.25, -0.2) is 0 Å². The first-order chi connectivity index (χ1) is 14.8. The predicted octanol–water partition coefficient (Wildman–Crippen LogP) is 5.66. The molecule has 0 radical (unpaired) electrons. The molecule has 5 nitrogen and oxygen atoms in total. The van der Waals surface area contributed by atoms with Gasteiger partial charge in [-0.15, -0.1) is 0 Å². The quantitative estimate of drug-likeness (QED) is 0.437. The molecule has 4 aromatic rings. The first-order valence-corrected chi connectivity index (χ1v) is 9.94. The molecule has 1 aromatic heterocycles. The van der Waals surface area contributed by atoms with Crippen molar-refractivity contribution in [1.82, 2.24) is 0 Å². The summed E-state index contributed by atoms with van der Waals surface area (Å²) in [5, 5.41) is 9.08. The van der Waals surface area contributed by atoms with Gasteiger partial charge in [0.2, 0.25) is 0 Å². The molecule has 0 spiro atoms. The molecular weight excluding hydrogens is 376 g/mol. The van der Waals surface area contributed by atoms with Crippen molar-refractivity contribution in [2.24, 2.45) is 10.2 Å². The lowest BCUT2D eigenvalue weighted by molar-refractivity contribution is 0.309. The van der Waals surface area contributed by atoms with Crippen LogP contribution in [0.4, 0.5) is 0 Å². The minimum absolute atomic E-state index is 0.0987. The molecule has 3 aromatic carbocycles. The Morgan fingerprint density at radius 2 is 1.70 bits per heavy atom. The van der Waals surface area contributed by atoms with Crippen molar-refractivity contribution < 1.29 is 9.15 Å². The molecule has 0 unspecified atom stereocenters. The topological polar surface area (TPSA) is 64.2 Å². The molecular formula is C25H20N2O3. The van der Waals surface area contributed by atoms with Gasteiger partial charge in [-0.05, 0) is 23.3 Å². The summed E-state index contributed by atoms with van der Waals surface area (Å²) in [7, 11) is 0. The van der Waals surface area contributed by atoms with E-state index in [-0.39, 0.29) is 17.4 Å². The van der Waals surface area contributed by atoms with Crippen LogP contribution in [0.25, 0.3) is 11.0 Å². The molecule has 0 saturated carbocycles. The predicted molar refractivity (Wildman–Crippen MR) is 115 cm³/mol. The highest BCUT2D eigenvalue weighted by atomic mass is 16.5. The highest BCUT2D eigenvalue weighted by Crippen LogP contribution is 2.39. The van der Waals surface area contributed by atoms with Crippen molar-refractivity contribution >= 4 is 11.0 Å². The Labute approximate surface area is 173 Å². The number of fused-ring (bicyclic) bond motifs is 1. The average Bonchev–Trinajstić information content (AvgIpc) is 3.29. The van der Waals surface area contributed by atoms with E-state index in [2.05, 4.69) is 10.2 Å². The Morgan fingerprint density at radius 3 is 2.50 bits per heavy atom. The second kappa shape index (κ2) is 7.95. The fourth-order valence-corrected chi connectivity index (χ4v) is 3.83. The number of hydrogen-bond acceptors (Lipinski definition) is 5. The maximum Gasteiger partial charge on any atom is 0.196 e. The molecule has 0 saturated heterocycles. The van der Waals surface area contributed by atoms with E-state index in [4.69, 9.17) is 9.15 Å². The third-order valence-electron chi connectivity index (χ3n) is 5.34. The molecule has 2 heterocycles. The van der Waals surface area contributed by atoms with Crippen LogP contribution in [0.2, 0.25) is 0 Å². The van der Waals surface area contributed by atoms with Crippen molar-refractivity contribution in [2.75, 3.05) is 6.54 Å². The molecule has 0 amide bonds. The standard InChI is InChI=1S/C25H20N2O3/c28-20-14-23(19-15-26-27-25(19)18-10-5-2-6-11-18)30-22-13-7-12-21(24(20)22)29-16-17-8-3-1-4-9-17/h1-14,19,25H,15-16H2/t19-,25-/m1/s1. The highest BCUT2D eigenvalue weighted by molar-refractivity contribution is 5.83. The fourth-order valence-electron chi connectivity index (χ4n) is 3.83. The molecule has 148 valence electrons. The van der Waals surface area contributed by atoms with Crippen molar-refractivity contribution in [3.8, 4) is 5.75 Å². The molecule has 1 aliphatic rings. The minimum Gasteiger partial charge on any atom is -0.488 e. The Hall–Kier alpha value is -3.73. The maximum atomic E-state index is 13.0. The van der Waals surface area contributed by atoms with E-state index < -0.39 is 0 Å². The monoisotopic (exact) mass is 396 g/mol. The van der Waals surface area contributed by atoms with Crippen LogP contribution in [0.15, 0.2) is 104 Å². The molecule has 30 heavy (non-hydrogen) atoms. The third kappa shape index (κ3) is 3.50. The van der Waals surface area contributed by atoms with Gasteiger partial charge in [-0.1, -0.05) is 66.7 Å². The number of hydrogen-bond donors (Lipinski definition) is 0. The highest BCUT2D eigenvalue weighted by Gasteiger charge is 2.31. The van der Waals surface area contributed by atoms with Gasteiger partial charge in [-0.2, -0.15) is 10.2 Å². The van der Waals surface area contributed by atoms with Crippen LogP contribution >= 0.6 is 0 Å². The van der Waals surface area contributed by atoms with Crippen LogP contribution in [-0.2, 0) is 6.61 Å². The van der Waals surface area contributed by atoms with Gasteiger partial charge in [0.25, 0.3) is 0 Å². The molecule has 5 heteroatoms. The molecule has 0 aliphatic carbocycles. The van der Waals surface area contributed by atoms with Crippen molar-refractivity contribution in [2.45, 2.75) is 18.6 Å². The summed E-state index contributed by atoms with van der Waals surface area (Å²) in [6.45, 7) is 0.885. The average molecular weight is 396 g/mol. The SMILES string of the molecule is O=c1cc([C@H]2CN=N[C@@H]2c2ccccc2)oc2cccc(OCc3ccccc3)c12. The lowest BCUT2D eigenvalue weighted by Crippen LogP contribution is -2.12. The van der Waals surface area contributed by atoms with E-state index in [9.17, 15) is 4.79 Å². The number of rotatable bonds is 5. The van der Waals surface area contributed by atoms with E-state index in [1.165, 1.54) is 0 Å². The zero-order valence-electron chi connectivity index (χ0n) is 16.3. The Balaban J connectivity index is 1.48. The maximum absolute atomic E-state index is 13.0. The van der Waals surface area contributed by atoms with Gasteiger partial charge in [0.1, 0.15) is 35.1 Å². The van der Waals surface area contributed by atoms with Crippen LogP contribution in [-0.4, -0.2) is 6.54 Å². The summed E-state index contributed by atoms with van der Waals surface area (Å²) in [4.78, 5) is 13.0. The van der Waals surface area contributed by atoms with Gasteiger partial charge >= 0.3 is 0 Å². The normalized spacial score (nSPS) is 18.0. The molecule has 0 N–H and O–H groups in total. The Kier molecular flexibility index (Phi) is 4.85. The largest absolute Gasteiger partial charge is 0.488 e. The summed E-state index contributed by atoms with van der Waals surface area (Å²) in [6, 6.07) is 26.7.